The number of ether oxygens (including phenoxy) is 2. The maximum absolute atomic E-state index is 12.7. The molecule has 3 atom stereocenters. The molecule has 3 unspecified atom stereocenters. The van der Waals surface area contributed by atoms with Gasteiger partial charge in [-0.1, -0.05) is 18.2 Å². The molecule has 0 saturated heterocycles. The zero-order valence-corrected chi connectivity index (χ0v) is 13.5. The topological polar surface area (TPSA) is 55.8 Å². The van der Waals surface area contributed by atoms with Gasteiger partial charge in [-0.3, -0.25) is 9.59 Å². The highest BCUT2D eigenvalue weighted by Crippen LogP contribution is 2.37. The number of amides is 1. The van der Waals surface area contributed by atoms with Crippen LogP contribution in [-0.2, 0) is 19.1 Å². The monoisotopic (exact) mass is 325 g/mol. The Balaban J connectivity index is 2.16. The average Bonchev–Trinajstić information content (AvgIpc) is 2.99. The third kappa shape index (κ3) is 3.59. The average molecular weight is 326 g/mol. The number of hydrogen-bond donors (Lipinski definition) is 0. The largest absolute Gasteiger partial charge is 0.466 e. The number of nitrogens with zero attached hydrogens (tertiary/aromatic N) is 1. The van der Waals surface area contributed by atoms with E-state index >= 15 is 0 Å². The Bertz CT molecular complexity index is 522. The van der Waals surface area contributed by atoms with Crippen molar-refractivity contribution < 1.29 is 19.1 Å². The van der Waals surface area contributed by atoms with Gasteiger partial charge in [-0.05, 0) is 31.9 Å². The van der Waals surface area contributed by atoms with Gasteiger partial charge in [-0.2, -0.15) is 0 Å². The van der Waals surface area contributed by atoms with Gasteiger partial charge in [0.2, 0.25) is 5.91 Å². The van der Waals surface area contributed by atoms with Crippen LogP contribution in [0.1, 0.15) is 19.8 Å². The van der Waals surface area contributed by atoms with Gasteiger partial charge in [0.05, 0.1) is 30.2 Å². The molecule has 1 amide bonds. The lowest BCUT2D eigenvalue weighted by atomic mass is 9.95. The highest BCUT2D eigenvalue weighted by molar-refractivity contribution is 6.37. The van der Waals surface area contributed by atoms with Crippen molar-refractivity contribution in [3.63, 3.8) is 0 Å². The molecule has 1 aliphatic carbocycles. The van der Waals surface area contributed by atoms with Gasteiger partial charge in [0, 0.05) is 18.9 Å². The highest BCUT2D eigenvalue weighted by atomic mass is 35.5. The number of carbonyl (C=O) groups excluding carboxylic acids is 2. The Hall–Kier alpha value is -1.59. The summed E-state index contributed by atoms with van der Waals surface area (Å²) in [5.74, 6) is -1.70. The lowest BCUT2D eigenvalue weighted by molar-refractivity contribution is -0.151. The molecule has 1 saturated carbocycles. The predicted octanol–water partition coefficient (Wildman–Crippen LogP) is 2.78. The molecular formula is C16H20ClNO4. The van der Waals surface area contributed by atoms with E-state index in [0.717, 1.165) is 4.42 Å². The van der Waals surface area contributed by atoms with E-state index in [1.807, 2.05) is 6.07 Å². The molecule has 0 spiro atoms. The van der Waals surface area contributed by atoms with Gasteiger partial charge in [0.15, 0.2) is 0 Å². The number of para-hydroxylation sites is 1. The van der Waals surface area contributed by atoms with Crippen LogP contribution in [0.25, 0.3) is 0 Å². The zero-order valence-electron chi connectivity index (χ0n) is 12.7. The number of halogens is 1. The fourth-order valence-electron chi connectivity index (χ4n) is 2.80. The molecule has 0 radical (unpaired) electrons. The Morgan fingerprint density at radius 3 is 2.45 bits per heavy atom. The summed E-state index contributed by atoms with van der Waals surface area (Å²) in [7, 11) is 1.58. The normalized spacial score (nSPS) is 24.0. The minimum atomic E-state index is -0.526. The lowest BCUT2D eigenvalue weighted by Crippen LogP contribution is -2.34. The first-order valence-electron chi connectivity index (χ1n) is 7.32. The molecule has 120 valence electrons. The van der Waals surface area contributed by atoms with Crippen molar-refractivity contribution in [2.45, 2.75) is 25.9 Å². The van der Waals surface area contributed by atoms with Crippen LogP contribution in [0, 0.1) is 11.8 Å². The van der Waals surface area contributed by atoms with Crippen molar-refractivity contribution in [2.75, 3.05) is 18.1 Å². The fraction of sp³-hybridized carbons (Fsp3) is 0.500. The number of hydrogen-bond acceptors (Lipinski definition) is 4. The van der Waals surface area contributed by atoms with Crippen LogP contribution in [0.2, 0.25) is 0 Å². The number of methoxy groups -OCH3 is 1. The van der Waals surface area contributed by atoms with E-state index in [-0.39, 0.29) is 24.6 Å². The number of anilines is 1. The standard InChI is InChI=1S/C16H20ClNO4/c1-3-22-16(20)14-10-12(21-2)9-13(14)15(19)18(17)11-7-5-4-6-8-11/h4-8,12-14H,3,9-10H2,1-2H3. The Kier molecular flexibility index (Phi) is 5.80. The third-order valence-corrected chi connectivity index (χ3v) is 4.30. The second-order valence-corrected chi connectivity index (χ2v) is 5.59. The fourth-order valence-corrected chi connectivity index (χ4v) is 3.04. The van der Waals surface area contributed by atoms with Gasteiger partial charge in [0.1, 0.15) is 0 Å². The van der Waals surface area contributed by atoms with Crippen LogP contribution in [0.4, 0.5) is 5.69 Å². The van der Waals surface area contributed by atoms with Crippen LogP contribution in [0.5, 0.6) is 0 Å². The minimum Gasteiger partial charge on any atom is -0.466 e. The van der Waals surface area contributed by atoms with Crippen LogP contribution < -0.4 is 4.42 Å². The summed E-state index contributed by atoms with van der Waals surface area (Å²) in [6.07, 6.45) is 0.810. The van der Waals surface area contributed by atoms with E-state index < -0.39 is 11.8 Å². The van der Waals surface area contributed by atoms with Crippen molar-refractivity contribution >= 4 is 29.3 Å². The van der Waals surface area contributed by atoms with E-state index in [1.165, 1.54) is 0 Å². The smallest absolute Gasteiger partial charge is 0.309 e. The summed E-state index contributed by atoms with van der Waals surface area (Å²) in [6.45, 7) is 2.03. The van der Waals surface area contributed by atoms with Crippen LogP contribution in [-0.4, -0.2) is 31.7 Å². The third-order valence-electron chi connectivity index (χ3n) is 3.94. The molecule has 1 aromatic rings. The minimum absolute atomic E-state index is 0.135. The van der Waals surface area contributed by atoms with E-state index in [4.69, 9.17) is 21.3 Å². The van der Waals surface area contributed by atoms with E-state index in [0.29, 0.717) is 18.5 Å². The van der Waals surface area contributed by atoms with E-state index in [2.05, 4.69) is 0 Å². The molecule has 0 N–H and O–H groups in total. The lowest BCUT2D eigenvalue weighted by Gasteiger charge is -2.21. The SMILES string of the molecule is CCOC(=O)C1CC(OC)CC1C(=O)N(Cl)c1ccccc1. The zero-order chi connectivity index (χ0) is 16.1. The van der Waals surface area contributed by atoms with Gasteiger partial charge in [0.25, 0.3) is 0 Å². The van der Waals surface area contributed by atoms with Gasteiger partial charge in [-0.25, -0.2) is 4.42 Å². The summed E-state index contributed by atoms with van der Waals surface area (Å²) in [5.41, 5.74) is 0.581. The molecule has 1 aromatic carbocycles. The number of carbonyl (C=O) groups is 2. The number of benzene rings is 1. The van der Waals surface area contributed by atoms with Crippen molar-refractivity contribution in [1.29, 1.82) is 0 Å². The molecule has 0 bridgehead atoms. The van der Waals surface area contributed by atoms with Crippen LogP contribution in [0.15, 0.2) is 30.3 Å². The van der Waals surface area contributed by atoms with Gasteiger partial charge < -0.3 is 9.47 Å². The van der Waals surface area contributed by atoms with E-state index in [1.54, 1.807) is 38.3 Å². The highest BCUT2D eigenvalue weighted by Gasteiger charge is 2.45. The first-order valence-corrected chi connectivity index (χ1v) is 7.66. The second-order valence-electron chi connectivity index (χ2n) is 5.25. The maximum atomic E-state index is 12.7. The van der Waals surface area contributed by atoms with Crippen LogP contribution >= 0.6 is 11.8 Å². The van der Waals surface area contributed by atoms with E-state index in [9.17, 15) is 9.59 Å². The molecule has 0 heterocycles. The quantitative estimate of drug-likeness (QED) is 0.617. The molecule has 5 nitrogen and oxygen atoms in total. The van der Waals surface area contributed by atoms with Gasteiger partial charge >= 0.3 is 5.97 Å². The summed E-state index contributed by atoms with van der Waals surface area (Å²) in [5, 5.41) is 0. The maximum Gasteiger partial charge on any atom is 0.309 e. The molecule has 1 aliphatic rings. The van der Waals surface area contributed by atoms with Crippen LogP contribution in [0.3, 0.4) is 0 Å². The van der Waals surface area contributed by atoms with Gasteiger partial charge in [-0.15, -0.1) is 0 Å². The first kappa shape index (κ1) is 16.8. The molecule has 0 aromatic heterocycles. The van der Waals surface area contributed by atoms with Crippen molar-refractivity contribution in [3.05, 3.63) is 30.3 Å². The Morgan fingerprint density at radius 2 is 1.86 bits per heavy atom. The molecule has 2 rings (SSSR count). The summed E-state index contributed by atoms with van der Waals surface area (Å²) < 4.78 is 11.5. The molecule has 22 heavy (non-hydrogen) atoms. The summed E-state index contributed by atoms with van der Waals surface area (Å²) >= 11 is 6.17. The summed E-state index contributed by atoms with van der Waals surface area (Å²) in [6, 6.07) is 8.93. The van der Waals surface area contributed by atoms with Crippen molar-refractivity contribution in [1.82, 2.24) is 0 Å². The predicted molar refractivity (Wildman–Crippen MR) is 83.4 cm³/mol. The number of esters is 1. The summed E-state index contributed by atoms with van der Waals surface area (Å²) in [4.78, 5) is 24.7. The first-order chi connectivity index (χ1) is 10.6. The van der Waals surface area contributed by atoms with Crippen molar-refractivity contribution in [3.8, 4) is 0 Å². The second kappa shape index (κ2) is 7.61. The molecule has 0 aliphatic heterocycles. The molecule has 6 heteroatoms. The van der Waals surface area contributed by atoms with Crippen molar-refractivity contribution in [2.24, 2.45) is 11.8 Å². The Labute approximate surface area is 135 Å². The molecule has 1 fully saturated rings. The number of rotatable bonds is 5. The molecular weight excluding hydrogens is 306 g/mol. The Morgan fingerprint density at radius 1 is 1.23 bits per heavy atom.